The van der Waals surface area contributed by atoms with Gasteiger partial charge in [0.05, 0.1) is 12.0 Å². The molecule has 24 heavy (non-hydrogen) atoms. The number of carbonyl (C=O) groups is 1. The van der Waals surface area contributed by atoms with Crippen molar-refractivity contribution in [1.29, 1.82) is 0 Å². The molecule has 0 aliphatic heterocycles. The number of carboxylic acid groups (broad SMARTS) is 1. The van der Waals surface area contributed by atoms with Crippen LogP contribution in [0.25, 0.3) is 0 Å². The predicted octanol–water partition coefficient (Wildman–Crippen LogP) is 0.984. The van der Waals surface area contributed by atoms with Gasteiger partial charge in [-0.2, -0.15) is 0 Å². The Morgan fingerprint density at radius 3 is 2.79 bits per heavy atom. The van der Waals surface area contributed by atoms with Crippen LogP contribution >= 0.6 is 0 Å². The summed E-state index contributed by atoms with van der Waals surface area (Å²) in [4.78, 5) is 15.3. The highest BCUT2D eigenvalue weighted by molar-refractivity contribution is 5.67. The van der Waals surface area contributed by atoms with Crippen LogP contribution in [0.3, 0.4) is 0 Å². The second-order valence-corrected chi connectivity index (χ2v) is 6.00. The number of nitrogens with one attached hydrogen (secondary N) is 1. The van der Waals surface area contributed by atoms with Crippen LogP contribution in [0.4, 0.5) is 0 Å². The monoisotopic (exact) mass is 329 g/mol. The molecule has 1 aromatic rings. The average Bonchev–Trinajstić information content (AvgIpc) is 2.81. The highest BCUT2D eigenvalue weighted by Crippen LogP contribution is 2.48. The molecule has 0 amide bonds. The lowest BCUT2D eigenvalue weighted by molar-refractivity contribution is -0.144. The number of hydrogen-bond donors (Lipinski definition) is 4. The van der Waals surface area contributed by atoms with E-state index in [2.05, 4.69) is 17.3 Å². The number of hydroxylamine groups is 1. The van der Waals surface area contributed by atoms with Gasteiger partial charge in [-0.3, -0.25) is 10.3 Å². The van der Waals surface area contributed by atoms with Crippen LogP contribution in [0.1, 0.15) is 24.5 Å². The Labute approximate surface area is 139 Å². The van der Waals surface area contributed by atoms with Crippen LogP contribution in [0.15, 0.2) is 41.6 Å². The smallest absolute Gasteiger partial charge is 0.332 e. The molecule has 2 aliphatic carbocycles. The van der Waals surface area contributed by atoms with E-state index in [1.807, 2.05) is 18.2 Å². The van der Waals surface area contributed by atoms with Gasteiger partial charge in [0, 0.05) is 11.6 Å². The zero-order chi connectivity index (χ0) is 17.1. The van der Waals surface area contributed by atoms with Crippen molar-refractivity contribution < 1.29 is 25.0 Å². The fourth-order valence-electron chi connectivity index (χ4n) is 3.14. The normalized spacial score (nSPS) is 26.0. The summed E-state index contributed by atoms with van der Waals surface area (Å²) in [5.41, 5.74) is 5.23. The summed E-state index contributed by atoms with van der Waals surface area (Å²) in [5, 5.41) is 28.9. The number of aliphatic hydroxyl groups is 2. The lowest BCUT2D eigenvalue weighted by Gasteiger charge is -2.30. The van der Waals surface area contributed by atoms with Gasteiger partial charge in [0.1, 0.15) is 6.10 Å². The zero-order valence-electron chi connectivity index (χ0n) is 13.0. The van der Waals surface area contributed by atoms with Gasteiger partial charge < -0.3 is 15.3 Å². The molecule has 2 aliphatic rings. The van der Waals surface area contributed by atoms with Gasteiger partial charge in [0.25, 0.3) is 0 Å². The molecule has 6 heteroatoms. The number of carboxylic acids is 1. The van der Waals surface area contributed by atoms with E-state index in [4.69, 9.17) is 9.94 Å². The van der Waals surface area contributed by atoms with E-state index in [1.54, 1.807) is 12.1 Å². The molecule has 126 valence electrons. The fraction of sp³-hybridized carbons (Fsp3) is 0.389. The average molecular weight is 329 g/mol. The predicted molar refractivity (Wildman–Crippen MR) is 85.1 cm³/mol. The van der Waals surface area contributed by atoms with Gasteiger partial charge in [0.15, 0.2) is 6.61 Å². The molecular formula is C18H19NO5. The Morgan fingerprint density at radius 2 is 2.08 bits per heavy atom. The zero-order valence-corrected chi connectivity index (χ0v) is 13.0. The first-order valence-corrected chi connectivity index (χ1v) is 7.80. The van der Waals surface area contributed by atoms with Crippen molar-refractivity contribution in [2.75, 3.05) is 6.61 Å². The standard InChI is InChI=1S/C18H19NO5/c20-16(11-4-2-1-3-5-11)7-6-12-8-13-14(18(12)23)9-15(13)19-24-10-17(21)22/h1-5,12,14,16,18-20,23H,8-10H2,(H,21,22). The van der Waals surface area contributed by atoms with Crippen molar-refractivity contribution >= 4 is 5.97 Å². The highest BCUT2D eigenvalue weighted by atomic mass is 16.7. The van der Waals surface area contributed by atoms with E-state index in [0.29, 0.717) is 12.8 Å². The van der Waals surface area contributed by atoms with E-state index in [1.165, 1.54) is 0 Å². The molecule has 4 N–H and O–H groups in total. The Morgan fingerprint density at radius 1 is 1.33 bits per heavy atom. The fourth-order valence-corrected chi connectivity index (χ4v) is 3.14. The first-order chi connectivity index (χ1) is 11.6. The number of rotatable bonds is 5. The van der Waals surface area contributed by atoms with Crippen LogP contribution in [0, 0.1) is 23.7 Å². The second kappa shape index (κ2) is 7.05. The van der Waals surface area contributed by atoms with Crippen molar-refractivity contribution in [3.05, 3.63) is 47.2 Å². The summed E-state index contributed by atoms with van der Waals surface area (Å²) in [5.74, 6) is 4.54. The third kappa shape index (κ3) is 3.44. The minimum Gasteiger partial charge on any atom is -0.479 e. The maximum atomic E-state index is 10.4. The van der Waals surface area contributed by atoms with Crippen LogP contribution in [0.2, 0.25) is 0 Å². The topological polar surface area (TPSA) is 99.0 Å². The summed E-state index contributed by atoms with van der Waals surface area (Å²) < 4.78 is 0. The van der Waals surface area contributed by atoms with E-state index >= 15 is 0 Å². The molecule has 1 fully saturated rings. The third-order valence-electron chi connectivity index (χ3n) is 4.44. The summed E-state index contributed by atoms with van der Waals surface area (Å²) in [7, 11) is 0. The summed E-state index contributed by atoms with van der Waals surface area (Å²) in [6, 6.07) is 9.15. The summed E-state index contributed by atoms with van der Waals surface area (Å²) in [6.07, 6.45) is -0.225. The highest BCUT2D eigenvalue weighted by Gasteiger charge is 2.45. The Bertz CT molecular complexity index is 703. The lowest BCUT2D eigenvalue weighted by Crippen LogP contribution is -2.32. The molecule has 0 bridgehead atoms. The van der Waals surface area contributed by atoms with Crippen molar-refractivity contribution in [3.8, 4) is 11.8 Å². The molecule has 4 atom stereocenters. The molecule has 3 rings (SSSR count). The first-order valence-electron chi connectivity index (χ1n) is 7.80. The third-order valence-corrected chi connectivity index (χ3v) is 4.44. The molecule has 0 aromatic heterocycles. The van der Waals surface area contributed by atoms with Gasteiger partial charge in [0.2, 0.25) is 0 Å². The molecular weight excluding hydrogens is 310 g/mol. The number of allylic oxidation sites excluding steroid dienone is 1. The number of benzene rings is 1. The van der Waals surface area contributed by atoms with Crippen molar-refractivity contribution in [3.63, 3.8) is 0 Å². The van der Waals surface area contributed by atoms with E-state index in [0.717, 1.165) is 16.8 Å². The van der Waals surface area contributed by atoms with Crippen LogP contribution in [0.5, 0.6) is 0 Å². The number of hydrogen-bond acceptors (Lipinski definition) is 5. The van der Waals surface area contributed by atoms with Crippen molar-refractivity contribution in [2.24, 2.45) is 11.8 Å². The minimum absolute atomic E-state index is 0.0362. The quantitative estimate of drug-likeness (QED) is 0.475. The number of aliphatic carboxylic acids is 1. The summed E-state index contributed by atoms with van der Waals surface area (Å²) in [6.45, 7) is -0.420. The number of aliphatic hydroxyl groups excluding tert-OH is 2. The maximum absolute atomic E-state index is 10.4. The minimum atomic E-state index is -1.05. The Hall–Kier alpha value is -2.33. The number of fused-ring (bicyclic) bond motifs is 1. The molecule has 0 radical (unpaired) electrons. The van der Waals surface area contributed by atoms with Crippen molar-refractivity contribution in [1.82, 2.24) is 5.48 Å². The SMILES string of the molecule is O=C(O)CONC1=C2CC(C#CC(O)c3ccccc3)C(O)C2C1. The Balaban J connectivity index is 1.61. The molecule has 1 aromatic carbocycles. The maximum Gasteiger partial charge on any atom is 0.332 e. The lowest BCUT2D eigenvalue weighted by atomic mass is 9.83. The molecule has 0 spiro atoms. The van der Waals surface area contributed by atoms with Crippen LogP contribution in [-0.2, 0) is 9.63 Å². The van der Waals surface area contributed by atoms with Crippen LogP contribution < -0.4 is 5.48 Å². The first kappa shape index (κ1) is 16.5. The molecule has 4 unspecified atom stereocenters. The van der Waals surface area contributed by atoms with E-state index in [9.17, 15) is 15.0 Å². The molecule has 0 saturated heterocycles. The van der Waals surface area contributed by atoms with E-state index < -0.39 is 24.8 Å². The van der Waals surface area contributed by atoms with Crippen LogP contribution in [-0.4, -0.2) is 34.0 Å². The molecule has 0 heterocycles. The van der Waals surface area contributed by atoms with Gasteiger partial charge in [-0.05, 0) is 24.0 Å². The van der Waals surface area contributed by atoms with Crippen molar-refractivity contribution in [2.45, 2.75) is 25.0 Å². The van der Waals surface area contributed by atoms with Gasteiger partial charge in [-0.25, -0.2) is 4.79 Å². The van der Waals surface area contributed by atoms with Gasteiger partial charge >= 0.3 is 5.97 Å². The van der Waals surface area contributed by atoms with E-state index in [-0.39, 0.29) is 11.8 Å². The summed E-state index contributed by atoms with van der Waals surface area (Å²) >= 11 is 0. The Kier molecular flexibility index (Phi) is 4.86. The molecule has 1 saturated carbocycles. The molecule has 6 nitrogen and oxygen atoms in total. The largest absolute Gasteiger partial charge is 0.479 e. The van der Waals surface area contributed by atoms with Gasteiger partial charge in [-0.1, -0.05) is 42.2 Å². The van der Waals surface area contributed by atoms with Gasteiger partial charge in [-0.15, -0.1) is 0 Å². The second-order valence-electron chi connectivity index (χ2n) is 6.00.